The maximum absolute atomic E-state index is 12.7. The topological polar surface area (TPSA) is 35.6 Å². The molecule has 1 aromatic rings. The molecule has 2 heterocycles. The lowest BCUT2D eigenvalue weighted by molar-refractivity contribution is 0.178. The molecular weight excluding hydrogens is 274 g/mol. The Morgan fingerprint density at radius 3 is 2.59 bits per heavy atom. The molecule has 0 spiro atoms. The summed E-state index contributed by atoms with van der Waals surface area (Å²) in [4.78, 5) is 17.1. The van der Waals surface area contributed by atoms with Gasteiger partial charge in [0.1, 0.15) is 0 Å². The highest BCUT2D eigenvalue weighted by atomic mass is 16.2. The van der Waals surface area contributed by atoms with Crippen LogP contribution in [-0.4, -0.2) is 41.0 Å². The Morgan fingerprint density at radius 1 is 1.23 bits per heavy atom. The SMILES string of the molecule is CC1CN(C(C)C)CC1NC(=O)N1Cc2ccccc2[C@@H]1C. The normalized spacial score (nSPS) is 28.2. The number of fused-ring (bicyclic) bond motifs is 1. The van der Waals surface area contributed by atoms with E-state index >= 15 is 0 Å². The van der Waals surface area contributed by atoms with E-state index in [0.717, 1.165) is 19.6 Å². The van der Waals surface area contributed by atoms with Crippen LogP contribution in [0.3, 0.4) is 0 Å². The number of benzene rings is 1. The first-order chi connectivity index (χ1) is 10.5. The van der Waals surface area contributed by atoms with Gasteiger partial charge in [-0.25, -0.2) is 4.79 Å². The lowest BCUT2D eigenvalue weighted by atomic mass is 10.1. The van der Waals surface area contributed by atoms with E-state index in [1.807, 2.05) is 11.0 Å². The molecule has 0 bridgehead atoms. The number of hydrogen-bond donors (Lipinski definition) is 1. The van der Waals surface area contributed by atoms with Crippen molar-refractivity contribution in [1.29, 1.82) is 0 Å². The van der Waals surface area contributed by atoms with Gasteiger partial charge in [0.2, 0.25) is 0 Å². The summed E-state index contributed by atoms with van der Waals surface area (Å²) < 4.78 is 0. The number of rotatable bonds is 2. The molecule has 2 amide bonds. The number of carbonyl (C=O) groups excluding carboxylic acids is 1. The minimum absolute atomic E-state index is 0.0751. The lowest BCUT2D eigenvalue weighted by Gasteiger charge is -2.26. The molecule has 120 valence electrons. The van der Waals surface area contributed by atoms with Crippen molar-refractivity contribution in [2.75, 3.05) is 13.1 Å². The first-order valence-electron chi connectivity index (χ1n) is 8.36. The summed E-state index contributed by atoms with van der Waals surface area (Å²) in [6.07, 6.45) is 0. The number of carbonyl (C=O) groups is 1. The quantitative estimate of drug-likeness (QED) is 0.911. The molecule has 22 heavy (non-hydrogen) atoms. The lowest BCUT2D eigenvalue weighted by Crippen LogP contribution is -2.46. The van der Waals surface area contributed by atoms with Gasteiger partial charge in [-0.2, -0.15) is 0 Å². The van der Waals surface area contributed by atoms with Crippen LogP contribution in [0.5, 0.6) is 0 Å². The molecule has 1 saturated heterocycles. The summed E-state index contributed by atoms with van der Waals surface area (Å²) in [5.74, 6) is 0.506. The largest absolute Gasteiger partial charge is 0.334 e. The number of nitrogens with one attached hydrogen (secondary N) is 1. The number of urea groups is 1. The Balaban J connectivity index is 1.64. The smallest absolute Gasteiger partial charge is 0.318 e. The fourth-order valence-electron chi connectivity index (χ4n) is 3.68. The second-order valence-corrected chi connectivity index (χ2v) is 7.08. The number of likely N-dealkylation sites (tertiary alicyclic amines) is 1. The van der Waals surface area contributed by atoms with Gasteiger partial charge >= 0.3 is 6.03 Å². The summed E-state index contributed by atoms with van der Waals surface area (Å²) in [6, 6.07) is 9.39. The Hall–Kier alpha value is -1.55. The summed E-state index contributed by atoms with van der Waals surface area (Å²) in [5.41, 5.74) is 2.55. The van der Waals surface area contributed by atoms with E-state index in [1.54, 1.807) is 0 Å². The Kier molecular flexibility index (Phi) is 4.13. The third kappa shape index (κ3) is 2.72. The maximum Gasteiger partial charge on any atom is 0.318 e. The number of amides is 2. The third-order valence-electron chi connectivity index (χ3n) is 5.25. The van der Waals surface area contributed by atoms with Crippen molar-refractivity contribution in [2.45, 2.75) is 52.4 Å². The van der Waals surface area contributed by atoms with E-state index in [9.17, 15) is 4.79 Å². The Morgan fingerprint density at radius 2 is 1.95 bits per heavy atom. The molecule has 0 aliphatic carbocycles. The van der Waals surface area contributed by atoms with E-state index in [2.05, 4.69) is 56.1 Å². The zero-order chi connectivity index (χ0) is 15.9. The minimum Gasteiger partial charge on any atom is -0.334 e. The van der Waals surface area contributed by atoms with Crippen molar-refractivity contribution in [3.63, 3.8) is 0 Å². The highest BCUT2D eigenvalue weighted by Crippen LogP contribution is 2.33. The van der Waals surface area contributed by atoms with Crippen LogP contribution < -0.4 is 5.32 Å². The average Bonchev–Trinajstić information content (AvgIpc) is 3.01. The molecule has 3 rings (SSSR count). The highest BCUT2D eigenvalue weighted by molar-refractivity contribution is 5.76. The van der Waals surface area contributed by atoms with E-state index < -0.39 is 0 Å². The number of nitrogens with zero attached hydrogens (tertiary/aromatic N) is 2. The van der Waals surface area contributed by atoms with Crippen molar-refractivity contribution in [3.8, 4) is 0 Å². The summed E-state index contributed by atoms with van der Waals surface area (Å²) in [6.45, 7) is 11.5. The summed E-state index contributed by atoms with van der Waals surface area (Å²) in [7, 11) is 0. The molecule has 2 aliphatic heterocycles. The Bertz CT molecular complexity index is 557. The van der Waals surface area contributed by atoms with Crippen LogP contribution in [0, 0.1) is 5.92 Å². The van der Waals surface area contributed by atoms with E-state index in [4.69, 9.17) is 0 Å². The first kappa shape index (κ1) is 15.3. The molecule has 0 saturated carbocycles. The fourth-order valence-corrected chi connectivity index (χ4v) is 3.68. The van der Waals surface area contributed by atoms with E-state index in [-0.39, 0.29) is 18.1 Å². The van der Waals surface area contributed by atoms with Crippen molar-refractivity contribution >= 4 is 6.03 Å². The zero-order valence-corrected chi connectivity index (χ0v) is 14.0. The van der Waals surface area contributed by atoms with Crippen molar-refractivity contribution in [2.24, 2.45) is 5.92 Å². The molecule has 0 radical (unpaired) electrons. The number of hydrogen-bond acceptors (Lipinski definition) is 2. The van der Waals surface area contributed by atoms with Gasteiger partial charge in [-0.05, 0) is 37.8 Å². The van der Waals surface area contributed by atoms with Crippen molar-refractivity contribution < 1.29 is 4.79 Å². The van der Waals surface area contributed by atoms with Gasteiger partial charge in [0.15, 0.2) is 0 Å². The average molecular weight is 301 g/mol. The summed E-state index contributed by atoms with van der Waals surface area (Å²) in [5, 5.41) is 3.27. The van der Waals surface area contributed by atoms with Gasteiger partial charge in [-0.15, -0.1) is 0 Å². The van der Waals surface area contributed by atoms with Gasteiger partial charge in [0, 0.05) is 31.7 Å². The predicted octanol–water partition coefficient (Wildman–Crippen LogP) is 3.00. The molecule has 2 aliphatic rings. The highest BCUT2D eigenvalue weighted by Gasteiger charge is 2.35. The van der Waals surface area contributed by atoms with Crippen LogP contribution in [-0.2, 0) is 6.54 Å². The monoisotopic (exact) mass is 301 g/mol. The maximum atomic E-state index is 12.7. The Labute approximate surface area is 133 Å². The van der Waals surface area contributed by atoms with Crippen LogP contribution in [0.4, 0.5) is 4.79 Å². The molecule has 2 unspecified atom stereocenters. The van der Waals surface area contributed by atoms with Crippen LogP contribution in [0.1, 0.15) is 44.9 Å². The second-order valence-electron chi connectivity index (χ2n) is 7.08. The third-order valence-corrected chi connectivity index (χ3v) is 5.25. The van der Waals surface area contributed by atoms with Crippen LogP contribution >= 0.6 is 0 Å². The van der Waals surface area contributed by atoms with Gasteiger partial charge in [0.05, 0.1) is 6.04 Å². The van der Waals surface area contributed by atoms with Crippen molar-refractivity contribution in [1.82, 2.24) is 15.1 Å². The molecule has 1 N–H and O–H groups in total. The van der Waals surface area contributed by atoms with E-state index in [1.165, 1.54) is 11.1 Å². The molecule has 4 nitrogen and oxygen atoms in total. The van der Waals surface area contributed by atoms with Crippen LogP contribution in [0.2, 0.25) is 0 Å². The zero-order valence-electron chi connectivity index (χ0n) is 14.0. The fraction of sp³-hybridized carbons (Fsp3) is 0.611. The molecule has 4 heteroatoms. The molecular formula is C18H27N3O. The second kappa shape index (κ2) is 5.92. The van der Waals surface area contributed by atoms with Gasteiger partial charge in [-0.1, -0.05) is 31.2 Å². The summed E-state index contributed by atoms with van der Waals surface area (Å²) >= 11 is 0. The van der Waals surface area contributed by atoms with Gasteiger partial charge in [0.25, 0.3) is 0 Å². The van der Waals surface area contributed by atoms with Gasteiger partial charge < -0.3 is 10.2 Å². The molecule has 3 atom stereocenters. The van der Waals surface area contributed by atoms with Crippen LogP contribution in [0.25, 0.3) is 0 Å². The molecule has 1 fully saturated rings. The molecule has 0 aromatic heterocycles. The van der Waals surface area contributed by atoms with Crippen LogP contribution in [0.15, 0.2) is 24.3 Å². The van der Waals surface area contributed by atoms with Gasteiger partial charge in [-0.3, -0.25) is 4.90 Å². The molecule has 1 aromatic carbocycles. The standard InChI is InChI=1S/C18H27N3O/c1-12(2)20-9-13(3)17(11-20)19-18(22)21-10-15-7-5-6-8-16(15)14(21)4/h5-8,12-14,17H,9-11H2,1-4H3,(H,19,22)/t13?,14-,17?/m0/s1. The first-order valence-corrected chi connectivity index (χ1v) is 8.36. The van der Waals surface area contributed by atoms with Crippen molar-refractivity contribution in [3.05, 3.63) is 35.4 Å². The minimum atomic E-state index is 0.0751. The predicted molar refractivity (Wildman–Crippen MR) is 88.6 cm³/mol. The van der Waals surface area contributed by atoms with E-state index in [0.29, 0.717) is 12.0 Å².